The van der Waals surface area contributed by atoms with Gasteiger partial charge in [0.25, 0.3) is 5.91 Å². The van der Waals surface area contributed by atoms with Crippen molar-refractivity contribution >= 4 is 16.8 Å². The van der Waals surface area contributed by atoms with Gasteiger partial charge in [0, 0.05) is 29.2 Å². The number of hydrogen-bond acceptors (Lipinski definition) is 1. The highest BCUT2D eigenvalue weighted by atomic mass is 16.1. The van der Waals surface area contributed by atoms with Crippen LogP contribution in [0.5, 0.6) is 0 Å². The van der Waals surface area contributed by atoms with Gasteiger partial charge < -0.3 is 10.3 Å². The first-order valence-electron chi connectivity index (χ1n) is 7.00. The summed E-state index contributed by atoms with van der Waals surface area (Å²) in [5, 5.41) is 4.16. The quantitative estimate of drug-likeness (QED) is 0.755. The molecular formula is C18H17N2O. The average molecular weight is 277 g/mol. The molecular weight excluding hydrogens is 260 g/mol. The molecule has 105 valence electrons. The highest BCUT2D eigenvalue weighted by molar-refractivity contribution is 5.96. The molecule has 2 N–H and O–H groups in total. The topological polar surface area (TPSA) is 44.9 Å². The van der Waals surface area contributed by atoms with E-state index in [0.717, 1.165) is 17.5 Å². The number of aromatic amines is 1. The standard InChI is InChI=1S/C18H17N2O/c1-13-6-2-3-7-15(13)18(21)19-11-10-14-12-20-17-9-5-4-8-16(14)17/h2-9,12,20H,1,10-11H2,(H,19,21). The lowest BCUT2D eigenvalue weighted by molar-refractivity contribution is 0.0954. The highest BCUT2D eigenvalue weighted by Crippen LogP contribution is 2.17. The molecule has 3 nitrogen and oxygen atoms in total. The lowest BCUT2D eigenvalue weighted by atomic mass is 10.1. The number of nitrogens with one attached hydrogen (secondary N) is 2. The maximum Gasteiger partial charge on any atom is 0.251 e. The van der Waals surface area contributed by atoms with Crippen LogP contribution in [0.1, 0.15) is 21.5 Å². The van der Waals surface area contributed by atoms with E-state index in [1.807, 2.05) is 36.5 Å². The molecule has 1 amide bonds. The van der Waals surface area contributed by atoms with Crippen LogP contribution in [-0.4, -0.2) is 17.4 Å². The average Bonchev–Trinajstić information content (AvgIpc) is 2.91. The monoisotopic (exact) mass is 277 g/mol. The minimum absolute atomic E-state index is 0.0690. The van der Waals surface area contributed by atoms with Crippen LogP contribution in [0, 0.1) is 6.92 Å². The molecule has 0 aliphatic heterocycles. The fourth-order valence-corrected chi connectivity index (χ4v) is 2.49. The third kappa shape index (κ3) is 2.82. The number of para-hydroxylation sites is 1. The van der Waals surface area contributed by atoms with Crippen LogP contribution in [0.15, 0.2) is 54.7 Å². The Bertz CT molecular complexity index is 773. The van der Waals surface area contributed by atoms with Crippen LogP contribution in [0.4, 0.5) is 0 Å². The Morgan fingerprint density at radius 3 is 2.71 bits per heavy atom. The molecule has 2 aromatic carbocycles. The van der Waals surface area contributed by atoms with E-state index in [2.05, 4.69) is 29.4 Å². The summed E-state index contributed by atoms with van der Waals surface area (Å²) in [5.74, 6) is -0.0690. The van der Waals surface area contributed by atoms with Gasteiger partial charge in [-0.25, -0.2) is 0 Å². The lowest BCUT2D eigenvalue weighted by Gasteiger charge is -2.07. The summed E-state index contributed by atoms with van der Waals surface area (Å²) >= 11 is 0. The van der Waals surface area contributed by atoms with E-state index < -0.39 is 0 Å². The number of carbonyl (C=O) groups is 1. The SMILES string of the molecule is [CH2]c1ccccc1C(=O)NCCc1c[nH]c2ccccc12. The van der Waals surface area contributed by atoms with Gasteiger partial charge in [-0.3, -0.25) is 4.79 Å². The van der Waals surface area contributed by atoms with E-state index in [4.69, 9.17) is 0 Å². The predicted molar refractivity (Wildman–Crippen MR) is 85.2 cm³/mol. The number of H-pyrrole nitrogens is 1. The number of hydrogen-bond donors (Lipinski definition) is 2. The van der Waals surface area contributed by atoms with E-state index in [9.17, 15) is 4.79 Å². The third-order valence-electron chi connectivity index (χ3n) is 3.62. The van der Waals surface area contributed by atoms with Gasteiger partial charge in [-0.05, 0) is 36.6 Å². The smallest absolute Gasteiger partial charge is 0.251 e. The molecule has 0 atom stereocenters. The number of carbonyl (C=O) groups excluding carboxylic acids is 1. The molecule has 21 heavy (non-hydrogen) atoms. The molecule has 1 radical (unpaired) electrons. The highest BCUT2D eigenvalue weighted by Gasteiger charge is 2.08. The first kappa shape index (κ1) is 13.4. The van der Waals surface area contributed by atoms with Gasteiger partial charge in [-0.15, -0.1) is 0 Å². The zero-order valence-corrected chi connectivity index (χ0v) is 11.7. The molecule has 0 fully saturated rings. The molecule has 0 bridgehead atoms. The Labute approximate surface area is 124 Å². The van der Waals surface area contributed by atoms with E-state index >= 15 is 0 Å². The maximum atomic E-state index is 12.1. The van der Waals surface area contributed by atoms with Gasteiger partial charge in [-0.2, -0.15) is 0 Å². The molecule has 0 unspecified atom stereocenters. The van der Waals surface area contributed by atoms with Crippen LogP contribution >= 0.6 is 0 Å². The van der Waals surface area contributed by atoms with Crippen LogP contribution in [0.25, 0.3) is 10.9 Å². The van der Waals surface area contributed by atoms with E-state index in [1.54, 1.807) is 6.07 Å². The zero-order chi connectivity index (χ0) is 14.7. The third-order valence-corrected chi connectivity index (χ3v) is 3.62. The second-order valence-corrected chi connectivity index (χ2v) is 5.02. The number of rotatable bonds is 4. The summed E-state index contributed by atoms with van der Waals surface area (Å²) in [4.78, 5) is 15.3. The number of fused-ring (bicyclic) bond motifs is 1. The molecule has 0 saturated heterocycles. The molecule has 3 aromatic rings. The molecule has 3 rings (SSSR count). The molecule has 0 aliphatic rings. The van der Waals surface area contributed by atoms with Crippen molar-refractivity contribution in [2.45, 2.75) is 6.42 Å². The van der Waals surface area contributed by atoms with Crippen molar-refractivity contribution in [1.82, 2.24) is 10.3 Å². The van der Waals surface area contributed by atoms with Gasteiger partial charge in [0.15, 0.2) is 0 Å². The number of amides is 1. The molecule has 0 saturated carbocycles. The molecule has 0 aliphatic carbocycles. The molecule has 1 aromatic heterocycles. The van der Waals surface area contributed by atoms with Gasteiger partial charge in [0.1, 0.15) is 0 Å². The largest absolute Gasteiger partial charge is 0.361 e. The van der Waals surface area contributed by atoms with Crippen LogP contribution in [0.2, 0.25) is 0 Å². The fraction of sp³-hybridized carbons (Fsp3) is 0.111. The Morgan fingerprint density at radius 1 is 1.10 bits per heavy atom. The summed E-state index contributed by atoms with van der Waals surface area (Å²) in [5.41, 5.74) is 3.73. The van der Waals surface area contributed by atoms with Crippen molar-refractivity contribution in [1.29, 1.82) is 0 Å². The minimum Gasteiger partial charge on any atom is -0.361 e. The van der Waals surface area contributed by atoms with E-state index in [1.165, 1.54) is 10.9 Å². The van der Waals surface area contributed by atoms with Crippen LogP contribution in [-0.2, 0) is 6.42 Å². The number of benzene rings is 2. The van der Waals surface area contributed by atoms with Crippen molar-refractivity contribution in [2.24, 2.45) is 0 Å². The Kier molecular flexibility index (Phi) is 3.73. The maximum absolute atomic E-state index is 12.1. The predicted octanol–water partition coefficient (Wildman–Crippen LogP) is 3.32. The first-order valence-corrected chi connectivity index (χ1v) is 7.00. The van der Waals surface area contributed by atoms with Gasteiger partial charge in [-0.1, -0.05) is 36.4 Å². The molecule has 0 spiro atoms. The summed E-state index contributed by atoms with van der Waals surface area (Å²) in [7, 11) is 0. The number of aromatic nitrogens is 1. The van der Waals surface area contributed by atoms with Gasteiger partial charge >= 0.3 is 0 Å². The summed E-state index contributed by atoms with van der Waals surface area (Å²) in [6.07, 6.45) is 2.81. The molecule has 3 heteroatoms. The fourth-order valence-electron chi connectivity index (χ4n) is 2.49. The van der Waals surface area contributed by atoms with Crippen molar-refractivity contribution < 1.29 is 4.79 Å². The summed E-state index contributed by atoms with van der Waals surface area (Å²) in [6, 6.07) is 15.5. The van der Waals surface area contributed by atoms with Gasteiger partial charge in [0.05, 0.1) is 0 Å². The van der Waals surface area contributed by atoms with E-state index in [-0.39, 0.29) is 5.91 Å². The van der Waals surface area contributed by atoms with Crippen LogP contribution < -0.4 is 5.32 Å². The summed E-state index contributed by atoms with van der Waals surface area (Å²) in [6.45, 7) is 4.48. The van der Waals surface area contributed by atoms with Crippen molar-refractivity contribution in [3.05, 3.63) is 78.3 Å². The normalized spacial score (nSPS) is 10.7. The van der Waals surface area contributed by atoms with E-state index in [0.29, 0.717) is 12.1 Å². The molecule has 1 heterocycles. The first-order chi connectivity index (χ1) is 10.3. The Balaban J connectivity index is 1.64. The Hall–Kier alpha value is -2.55. The second-order valence-electron chi connectivity index (χ2n) is 5.02. The van der Waals surface area contributed by atoms with Crippen LogP contribution in [0.3, 0.4) is 0 Å². The van der Waals surface area contributed by atoms with Crippen molar-refractivity contribution in [2.75, 3.05) is 6.54 Å². The van der Waals surface area contributed by atoms with Gasteiger partial charge in [0.2, 0.25) is 0 Å². The Morgan fingerprint density at radius 2 is 1.86 bits per heavy atom. The second kappa shape index (κ2) is 5.83. The summed E-state index contributed by atoms with van der Waals surface area (Å²) < 4.78 is 0. The zero-order valence-electron chi connectivity index (χ0n) is 11.7. The lowest BCUT2D eigenvalue weighted by Crippen LogP contribution is -2.26. The minimum atomic E-state index is -0.0690. The van der Waals surface area contributed by atoms with Crippen molar-refractivity contribution in [3.8, 4) is 0 Å². The van der Waals surface area contributed by atoms with Crippen molar-refractivity contribution in [3.63, 3.8) is 0 Å².